The molecule has 28 heavy (non-hydrogen) atoms. The van der Waals surface area contributed by atoms with Crippen LogP contribution in [0.4, 0.5) is 0 Å². The van der Waals surface area contributed by atoms with Crippen molar-refractivity contribution in [3.05, 3.63) is 81.6 Å². The summed E-state index contributed by atoms with van der Waals surface area (Å²) >= 11 is 0. The standard InChI is InChI=1S/C24H29N3O/c1-5-22-26-27-23(28-22)24(14-17(4)25)20-10-6-15(2)12-18(20)8-9-19-13-16(3)7-11-21(19)24/h6-7,10-13,17H,5,8-9,14,25H2,1-4H3/t17-/m1/s1. The Morgan fingerprint density at radius 3 is 2.04 bits per heavy atom. The molecule has 0 bridgehead atoms. The van der Waals surface area contributed by atoms with Gasteiger partial charge in [-0.15, -0.1) is 10.2 Å². The van der Waals surface area contributed by atoms with Crippen LogP contribution in [-0.2, 0) is 24.7 Å². The normalized spacial score (nSPS) is 16.2. The molecule has 4 nitrogen and oxygen atoms in total. The second-order valence-corrected chi connectivity index (χ2v) is 8.26. The SMILES string of the molecule is CCc1nnc(C2(C[C@@H](C)N)c3ccc(C)cc3CCc3cc(C)ccc32)o1. The molecule has 4 rings (SSSR count). The number of hydrogen-bond acceptors (Lipinski definition) is 4. The highest BCUT2D eigenvalue weighted by molar-refractivity contribution is 5.55. The van der Waals surface area contributed by atoms with Gasteiger partial charge in [0.1, 0.15) is 5.41 Å². The van der Waals surface area contributed by atoms with Crippen LogP contribution in [0.3, 0.4) is 0 Å². The maximum absolute atomic E-state index is 6.42. The molecule has 1 aliphatic rings. The molecule has 2 N–H and O–H groups in total. The van der Waals surface area contributed by atoms with Gasteiger partial charge in [0.2, 0.25) is 11.8 Å². The fourth-order valence-electron chi connectivity index (χ4n) is 4.70. The van der Waals surface area contributed by atoms with Crippen LogP contribution < -0.4 is 5.73 Å². The Balaban J connectivity index is 2.09. The van der Waals surface area contributed by atoms with Crippen molar-refractivity contribution >= 4 is 0 Å². The van der Waals surface area contributed by atoms with Gasteiger partial charge in [0, 0.05) is 12.5 Å². The van der Waals surface area contributed by atoms with E-state index in [1.54, 1.807) is 0 Å². The third-order valence-corrected chi connectivity index (χ3v) is 5.87. The number of nitrogens with zero attached hydrogens (tertiary/aromatic N) is 2. The number of rotatable bonds is 4. The maximum Gasteiger partial charge on any atom is 0.231 e. The number of nitrogens with two attached hydrogens (primary N) is 1. The first-order valence-corrected chi connectivity index (χ1v) is 10.2. The van der Waals surface area contributed by atoms with E-state index in [1.807, 2.05) is 6.92 Å². The molecule has 1 aromatic heterocycles. The molecule has 3 aromatic rings. The van der Waals surface area contributed by atoms with Crippen molar-refractivity contribution in [1.29, 1.82) is 0 Å². The van der Waals surface area contributed by atoms with Gasteiger partial charge in [0.25, 0.3) is 0 Å². The minimum Gasteiger partial charge on any atom is -0.424 e. The summed E-state index contributed by atoms with van der Waals surface area (Å²) in [4.78, 5) is 0. The average molecular weight is 376 g/mol. The zero-order valence-corrected chi connectivity index (χ0v) is 17.2. The Morgan fingerprint density at radius 1 is 1.00 bits per heavy atom. The number of aromatic nitrogens is 2. The summed E-state index contributed by atoms with van der Waals surface area (Å²) in [7, 11) is 0. The van der Waals surface area contributed by atoms with Gasteiger partial charge in [-0.05, 0) is 62.3 Å². The van der Waals surface area contributed by atoms with Crippen LogP contribution >= 0.6 is 0 Å². The molecule has 2 aromatic carbocycles. The molecular formula is C24H29N3O. The molecule has 1 atom stereocenters. The third kappa shape index (κ3) is 3.06. The van der Waals surface area contributed by atoms with Gasteiger partial charge in [-0.1, -0.05) is 54.4 Å². The second-order valence-electron chi connectivity index (χ2n) is 8.26. The zero-order valence-electron chi connectivity index (χ0n) is 17.2. The molecular weight excluding hydrogens is 346 g/mol. The average Bonchev–Trinajstić information content (AvgIpc) is 3.10. The number of fused-ring (bicyclic) bond motifs is 2. The van der Waals surface area contributed by atoms with E-state index in [-0.39, 0.29) is 6.04 Å². The van der Waals surface area contributed by atoms with Crippen molar-refractivity contribution in [2.75, 3.05) is 0 Å². The van der Waals surface area contributed by atoms with Crippen LogP contribution in [0.2, 0.25) is 0 Å². The lowest BCUT2D eigenvalue weighted by molar-refractivity contribution is 0.361. The predicted octanol–water partition coefficient (Wildman–Crippen LogP) is 4.42. The molecule has 0 aliphatic heterocycles. The van der Waals surface area contributed by atoms with E-state index in [1.165, 1.54) is 33.4 Å². The molecule has 0 saturated heterocycles. The molecule has 1 heterocycles. The smallest absolute Gasteiger partial charge is 0.231 e. The lowest BCUT2D eigenvalue weighted by Gasteiger charge is -2.35. The molecule has 0 radical (unpaired) electrons. The summed E-state index contributed by atoms with van der Waals surface area (Å²) in [6.07, 6.45) is 3.46. The van der Waals surface area contributed by atoms with E-state index in [4.69, 9.17) is 10.2 Å². The van der Waals surface area contributed by atoms with Gasteiger partial charge in [-0.25, -0.2) is 0 Å². The van der Waals surface area contributed by atoms with Crippen molar-refractivity contribution in [1.82, 2.24) is 10.2 Å². The van der Waals surface area contributed by atoms with E-state index >= 15 is 0 Å². The van der Waals surface area contributed by atoms with Crippen LogP contribution in [0.15, 0.2) is 40.8 Å². The van der Waals surface area contributed by atoms with E-state index in [2.05, 4.69) is 67.4 Å². The fourth-order valence-corrected chi connectivity index (χ4v) is 4.70. The first kappa shape index (κ1) is 18.9. The zero-order chi connectivity index (χ0) is 19.9. The second kappa shape index (κ2) is 7.17. The van der Waals surface area contributed by atoms with E-state index in [0.29, 0.717) is 11.8 Å². The van der Waals surface area contributed by atoms with Gasteiger partial charge in [0.05, 0.1) is 0 Å². The van der Waals surface area contributed by atoms with Crippen molar-refractivity contribution in [3.63, 3.8) is 0 Å². The van der Waals surface area contributed by atoms with Crippen LogP contribution in [0.1, 0.15) is 65.4 Å². The number of hydrogen-bond donors (Lipinski definition) is 1. The first-order valence-electron chi connectivity index (χ1n) is 10.2. The Morgan fingerprint density at radius 2 is 1.57 bits per heavy atom. The monoisotopic (exact) mass is 375 g/mol. The van der Waals surface area contributed by atoms with E-state index in [0.717, 1.165) is 25.7 Å². The molecule has 4 heteroatoms. The number of aryl methyl sites for hydroxylation is 5. The molecule has 0 saturated carbocycles. The quantitative estimate of drug-likeness (QED) is 0.733. The van der Waals surface area contributed by atoms with Crippen LogP contribution in [0.5, 0.6) is 0 Å². The minimum atomic E-state index is -0.517. The highest BCUT2D eigenvalue weighted by atomic mass is 16.4. The summed E-state index contributed by atoms with van der Waals surface area (Å²) in [6.45, 7) is 8.40. The van der Waals surface area contributed by atoms with Gasteiger partial charge < -0.3 is 10.2 Å². The largest absolute Gasteiger partial charge is 0.424 e. The molecule has 0 spiro atoms. The van der Waals surface area contributed by atoms with E-state index < -0.39 is 5.41 Å². The van der Waals surface area contributed by atoms with Crippen molar-refractivity contribution in [2.24, 2.45) is 5.73 Å². The fraction of sp³-hybridized carbons (Fsp3) is 0.417. The summed E-state index contributed by atoms with van der Waals surface area (Å²) in [6, 6.07) is 13.5. The van der Waals surface area contributed by atoms with Gasteiger partial charge in [-0.3, -0.25) is 0 Å². The molecule has 146 valence electrons. The highest BCUT2D eigenvalue weighted by Crippen LogP contribution is 2.47. The Hall–Kier alpha value is -2.46. The topological polar surface area (TPSA) is 64.9 Å². The molecule has 0 fully saturated rings. The highest BCUT2D eigenvalue weighted by Gasteiger charge is 2.45. The van der Waals surface area contributed by atoms with Crippen LogP contribution in [0.25, 0.3) is 0 Å². The summed E-state index contributed by atoms with van der Waals surface area (Å²) in [5, 5.41) is 8.86. The van der Waals surface area contributed by atoms with E-state index in [9.17, 15) is 0 Å². The van der Waals surface area contributed by atoms with Crippen LogP contribution in [-0.4, -0.2) is 16.2 Å². The summed E-state index contributed by atoms with van der Waals surface area (Å²) in [5.41, 5.74) is 13.7. The third-order valence-electron chi connectivity index (χ3n) is 5.87. The molecule has 1 aliphatic carbocycles. The maximum atomic E-state index is 6.42. The van der Waals surface area contributed by atoms with Crippen molar-refractivity contribution in [2.45, 2.75) is 64.8 Å². The number of benzene rings is 2. The lowest BCUT2D eigenvalue weighted by Crippen LogP contribution is -2.37. The Bertz CT molecular complexity index is 949. The minimum absolute atomic E-state index is 0.0154. The van der Waals surface area contributed by atoms with Crippen LogP contribution in [0, 0.1) is 13.8 Å². The van der Waals surface area contributed by atoms with Gasteiger partial charge in [0.15, 0.2) is 0 Å². The van der Waals surface area contributed by atoms with Crippen molar-refractivity contribution < 1.29 is 4.42 Å². The molecule has 0 unspecified atom stereocenters. The van der Waals surface area contributed by atoms with Crippen molar-refractivity contribution in [3.8, 4) is 0 Å². The van der Waals surface area contributed by atoms with Gasteiger partial charge in [-0.2, -0.15) is 0 Å². The Kier molecular flexibility index (Phi) is 4.84. The first-order chi connectivity index (χ1) is 13.4. The Labute approximate surface area is 167 Å². The molecule has 0 amide bonds. The lowest BCUT2D eigenvalue weighted by atomic mass is 9.68. The summed E-state index contributed by atoms with van der Waals surface area (Å²) < 4.78 is 6.23. The van der Waals surface area contributed by atoms with Gasteiger partial charge >= 0.3 is 0 Å². The predicted molar refractivity (Wildman–Crippen MR) is 112 cm³/mol. The summed E-state index contributed by atoms with van der Waals surface area (Å²) in [5.74, 6) is 1.34.